The van der Waals surface area contributed by atoms with E-state index in [-0.39, 0.29) is 18.6 Å². The van der Waals surface area contributed by atoms with Crippen LogP contribution in [0, 0.1) is 0 Å². The van der Waals surface area contributed by atoms with E-state index in [9.17, 15) is 13.2 Å². The van der Waals surface area contributed by atoms with E-state index in [4.69, 9.17) is 0 Å². The summed E-state index contributed by atoms with van der Waals surface area (Å²) in [5, 5.41) is 5.82. The number of aromatic nitrogens is 3. The summed E-state index contributed by atoms with van der Waals surface area (Å²) in [6.07, 6.45) is 0. The zero-order valence-corrected chi connectivity index (χ0v) is 10.1. The predicted molar refractivity (Wildman–Crippen MR) is 57.0 cm³/mol. The van der Waals surface area contributed by atoms with Gasteiger partial charge < -0.3 is 9.47 Å². The van der Waals surface area contributed by atoms with Crippen molar-refractivity contribution >= 4 is 21.9 Å². The van der Waals surface area contributed by atoms with Crippen molar-refractivity contribution < 1.29 is 22.7 Å². The lowest BCUT2D eigenvalue weighted by Crippen LogP contribution is -2.24. The number of H-pyrrole nitrogens is 1. The average Bonchev–Trinajstić information content (AvgIpc) is 2.63. The van der Waals surface area contributed by atoms with Crippen LogP contribution in [0.1, 0.15) is 6.92 Å². The molecule has 0 aliphatic carbocycles. The van der Waals surface area contributed by atoms with Crippen molar-refractivity contribution in [1.82, 2.24) is 15.2 Å². The molecule has 1 heterocycles. The summed E-state index contributed by atoms with van der Waals surface area (Å²) in [6.45, 7) is 1.70. The van der Waals surface area contributed by atoms with Crippen LogP contribution in [0.5, 0.6) is 6.01 Å². The Kier molecular flexibility index (Phi) is 4.26. The number of nitrogens with zero attached hydrogens (tertiary/aromatic N) is 2. The van der Waals surface area contributed by atoms with Crippen LogP contribution in [-0.4, -0.2) is 49.0 Å². The molecule has 0 fully saturated rings. The monoisotopic (exact) mass is 264 g/mol. The van der Waals surface area contributed by atoms with Crippen molar-refractivity contribution in [1.29, 1.82) is 0 Å². The fourth-order valence-electron chi connectivity index (χ4n) is 0.925. The lowest BCUT2D eigenvalue weighted by Gasteiger charge is -2.03. The quantitative estimate of drug-likeness (QED) is 0.639. The molecule has 0 spiro atoms. The van der Waals surface area contributed by atoms with E-state index in [0.29, 0.717) is 0 Å². The van der Waals surface area contributed by atoms with Crippen molar-refractivity contribution in [3.63, 3.8) is 0 Å². The van der Waals surface area contributed by atoms with Gasteiger partial charge in [0.2, 0.25) is 16.0 Å². The van der Waals surface area contributed by atoms with E-state index in [0.717, 1.165) is 0 Å². The molecule has 2 N–H and O–H groups in total. The number of anilines is 1. The van der Waals surface area contributed by atoms with E-state index in [1.165, 1.54) is 7.11 Å². The van der Waals surface area contributed by atoms with Gasteiger partial charge in [-0.2, -0.15) is 4.98 Å². The molecule has 0 saturated carbocycles. The highest BCUT2D eigenvalue weighted by molar-refractivity contribution is 7.93. The van der Waals surface area contributed by atoms with Gasteiger partial charge in [0.05, 0.1) is 13.7 Å². The van der Waals surface area contributed by atoms with E-state index in [1.54, 1.807) is 6.92 Å². The highest BCUT2D eigenvalue weighted by Crippen LogP contribution is 2.06. The first kappa shape index (κ1) is 13.2. The van der Waals surface area contributed by atoms with Crippen LogP contribution < -0.4 is 9.46 Å². The van der Waals surface area contributed by atoms with Crippen molar-refractivity contribution in [3.05, 3.63) is 0 Å². The normalized spacial score (nSPS) is 10.9. The summed E-state index contributed by atoms with van der Waals surface area (Å²) >= 11 is 0. The Bertz CT molecular complexity index is 482. The first-order valence-corrected chi connectivity index (χ1v) is 6.24. The molecule has 0 amide bonds. The Morgan fingerprint density at radius 1 is 1.53 bits per heavy atom. The van der Waals surface area contributed by atoms with Gasteiger partial charge in [0, 0.05) is 0 Å². The first-order valence-electron chi connectivity index (χ1n) is 4.59. The van der Waals surface area contributed by atoms with Crippen molar-refractivity contribution in [2.75, 3.05) is 24.2 Å². The van der Waals surface area contributed by atoms with Gasteiger partial charge in [-0.1, -0.05) is 0 Å². The number of esters is 1. The zero-order chi connectivity index (χ0) is 12.9. The Morgan fingerprint density at radius 3 is 2.76 bits per heavy atom. The Morgan fingerprint density at radius 2 is 2.24 bits per heavy atom. The summed E-state index contributed by atoms with van der Waals surface area (Å²) in [6, 6.07) is -0.0150. The number of hydrogen-bond donors (Lipinski definition) is 2. The van der Waals surface area contributed by atoms with Crippen LogP contribution in [0.15, 0.2) is 0 Å². The summed E-state index contributed by atoms with van der Waals surface area (Å²) in [7, 11) is -2.53. The van der Waals surface area contributed by atoms with Crippen LogP contribution in [0.4, 0.5) is 5.95 Å². The topological polar surface area (TPSA) is 123 Å². The minimum atomic E-state index is -3.86. The third-order valence-corrected chi connectivity index (χ3v) is 2.63. The maximum Gasteiger partial charge on any atom is 0.336 e. The molecule has 1 rings (SSSR count). The molecule has 10 heteroatoms. The number of carbonyl (C=O) groups excluding carboxylic acids is 1. The molecule has 0 saturated heterocycles. The fourth-order valence-corrected chi connectivity index (χ4v) is 1.78. The Labute approximate surface area is 97.6 Å². The van der Waals surface area contributed by atoms with E-state index >= 15 is 0 Å². The number of nitrogens with one attached hydrogen (secondary N) is 2. The molecule has 0 atom stereocenters. The van der Waals surface area contributed by atoms with E-state index < -0.39 is 21.7 Å². The average molecular weight is 264 g/mol. The number of rotatable bonds is 6. The van der Waals surface area contributed by atoms with Gasteiger partial charge in [-0.25, -0.2) is 13.5 Å². The van der Waals surface area contributed by atoms with Crippen LogP contribution in [0.25, 0.3) is 0 Å². The van der Waals surface area contributed by atoms with Gasteiger partial charge in [-0.15, -0.1) is 5.10 Å². The van der Waals surface area contributed by atoms with Gasteiger partial charge in [-0.3, -0.25) is 9.52 Å². The minimum Gasteiger partial charge on any atom is -0.466 e. The molecule has 96 valence electrons. The highest BCUT2D eigenvalue weighted by Gasteiger charge is 2.19. The maximum atomic E-state index is 11.4. The summed E-state index contributed by atoms with van der Waals surface area (Å²) < 4.78 is 34.1. The third kappa shape index (κ3) is 4.26. The summed E-state index contributed by atoms with van der Waals surface area (Å²) in [5.74, 6) is -1.76. The van der Waals surface area contributed by atoms with Crippen LogP contribution >= 0.6 is 0 Å². The van der Waals surface area contributed by atoms with Crippen LogP contribution in [0.3, 0.4) is 0 Å². The molecular weight excluding hydrogens is 252 g/mol. The molecule has 0 aromatic carbocycles. The molecule has 17 heavy (non-hydrogen) atoms. The molecular formula is C7H12N4O5S. The smallest absolute Gasteiger partial charge is 0.336 e. The SMILES string of the molecule is CCOC(=O)CS(=O)(=O)Nc1nc(OC)n[nH]1. The second-order valence-corrected chi connectivity index (χ2v) is 4.56. The van der Waals surface area contributed by atoms with Gasteiger partial charge in [0.15, 0.2) is 5.75 Å². The second kappa shape index (κ2) is 5.48. The first-order chi connectivity index (χ1) is 7.96. The number of carbonyl (C=O) groups is 1. The Hall–Kier alpha value is -1.84. The number of ether oxygens (including phenoxy) is 2. The van der Waals surface area contributed by atoms with Crippen LogP contribution in [-0.2, 0) is 19.6 Å². The third-order valence-electron chi connectivity index (χ3n) is 1.51. The number of aromatic amines is 1. The predicted octanol–water partition coefficient (Wildman–Crippen LogP) is -0.882. The minimum absolute atomic E-state index is 0.0150. The molecule has 9 nitrogen and oxygen atoms in total. The zero-order valence-electron chi connectivity index (χ0n) is 9.26. The second-order valence-electron chi connectivity index (χ2n) is 2.84. The highest BCUT2D eigenvalue weighted by atomic mass is 32.2. The number of hydrogen-bond acceptors (Lipinski definition) is 7. The number of sulfonamides is 1. The number of methoxy groups -OCH3 is 1. The van der Waals surface area contributed by atoms with Gasteiger partial charge in [0.25, 0.3) is 0 Å². The molecule has 0 bridgehead atoms. The van der Waals surface area contributed by atoms with Crippen molar-refractivity contribution in [3.8, 4) is 6.01 Å². The van der Waals surface area contributed by atoms with Crippen LogP contribution in [0.2, 0.25) is 0 Å². The molecule has 1 aromatic heterocycles. The maximum absolute atomic E-state index is 11.4. The lowest BCUT2D eigenvalue weighted by molar-refractivity contribution is -0.139. The van der Waals surface area contributed by atoms with Crippen molar-refractivity contribution in [2.24, 2.45) is 0 Å². The molecule has 1 aromatic rings. The fraction of sp³-hybridized carbons (Fsp3) is 0.571. The van der Waals surface area contributed by atoms with Gasteiger partial charge >= 0.3 is 12.0 Å². The van der Waals surface area contributed by atoms with E-state index in [2.05, 4.69) is 24.7 Å². The van der Waals surface area contributed by atoms with Crippen molar-refractivity contribution in [2.45, 2.75) is 6.92 Å². The standard InChI is InChI=1S/C7H12N4O5S/c1-3-16-5(12)4-17(13,14)11-6-8-7(15-2)10-9-6/h3-4H2,1-2H3,(H2,8,9,10,11). The van der Waals surface area contributed by atoms with E-state index in [1.807, 2.05) is 4.72 Å². The molecule has 0 unspecified atom stereocenters. The summed E-state index contributed by atoms with van der Waals surface area (Å²) in [5.41, 5.74) is 0. The molecule has 0 aliphatic heterocycles. The lowest BCUT2D eigenvalue weighted by atomic mass is 10.8. The molecule has 0 aliphatic rings. The van der Waals surface area contributed by atoms with Gasteiger partial charge in [0.1, 0.15) is 0 Å². The summed E-state index contributed by atoms with van der Waals surface area (Å²) in [4.78, 5) is 14.6. The van der Waals surface area contributed by atoms with Gasteiger partial charge in [-0.05, 0) is 6.92 Å². The Balaban J connectivity index is 2.63. The largest absolute Gasteiger partial charge is 0.466 e. The molecule has 0 radical (unpaired) electrons.